The predicted octanol–water partition coefficient (Wildman–Crippen LogP) is 3.50. The van der Waals surface area contributed by atoms with Gasteiger partial charge in [-0.2, -0.15) is 0 Å². The molecule has 1 N–H and O–H groups in total. The molecule has 1 nitrogen and oxygen atoms in total. The Balaban J connectivity index is 2.97. The van der Waals surface area contributed by atoms with Gasteiger partial charge < -0.3 is 5.11 Å². The molecule has 0 aliphatic rings. The molecule has 0 bridgehead atoms. The molecule has 1 heterocycles. The number of thiol groups is 1. The zero-order valence-electron chi connectivity index (χ0n) is 5.91. The van der Waals surface area contributed by atoms with Gasteiger partial charge >= 0.3 is 0 Å². The number of hydrogen-bond donors (Lipinski definition) is 2. The first-order valence-corrected chi connectivity index (χ1v) is 5.68. The second-order valence-corrected chi connectivity index (χ2v) is 4.87. The van der Waals surface area contributed by atoms with Crippen LogP contribution in [0.15, 0.2) is 22.4 Å². The van der Waals surface area contributed by atoms with Crippen molar-refractivity contribution in [2.75, 3.05) is 0 Å². The SMILES string of the molecule is Oc1cc(S)c2ccsc2c1I. The van der Waals surface area contributed by atoms with Crippen LogP contribution in [0.1, 0.15) is 0 Å². The van der Waals surface area contributed by atoms with Crippen molar-refractivity contribution in [2.24, 2.45) is 0 Å². The Kier molecular flexibility index (Phi) is 2.22. The van der Waals surface area contributed by atoms with Crippen LogP contribution in [-0.2, 0) is 0 Å². The number of fused-ring (bicyclic) bond motifs is 1. The summed E-state index contributed by atoms with van der Waals surface area (Å²) in [5.74, 6) is 0.315. The van der Waals surface area contributed by atoms with E-state index in [9.17, 15) is 5.11 Å². The molecule has 1 aromatic heterocycles. The first-order chi connectivity index (χ1) is 5.70. The van der Waals surface area contributed by atoms with Gasteiger partial charge in [0, 0.05) is 10.3 Å². The van der Waals surface area contributed by atoms with Gasteiger partial charge in [-0.05, 0) is 40.1 Å². The molecule has 0 amide bonds. The second kappa shape index (κ2) is 3.08. The van der Waals surface area contributed by atoms with Gasteiger partial charge in [0.05, 0.1) is 8.27 Å². The van der Waals surface area contributed by atoms with E-state index in [2.05, 4.69) is 35.2 Å². The lowest BCUT2D eigenvalue weighted by Gasteiger charge is -2.00. The number of hydrogen-bond acceptors (Lipinski definition) is 3. The van der Waals surface area contributed by atoms with E-state index in [0.717, 1.165) is 18.6 Å². The molecule has 0 aliphatic heterocycles. The molecule has 0 saturated carbocycles. The minimum Gasteiger partial charge on any atom is -0.507 e. The van der Waals surface area contributed by atoms with Crippen molar-refractivity contribution in [2.45, 2.75) is 4.90 Å². The van der Waals surface area contributed by atoms with Crippen molar-refractivity contribution in [3.05, 3.63) is 21.1 Å². The molecule has 0 fully saturated rings. The summed E-state index contributed by atoms with van der Waals surface area (Å²) >= 11 is 8.05. The predicted molar refractivity (Wildman–Crippen MR) is 63.5 cm³/mol. The van der Waals surface area contributed by atoms with Crippen molar-refractivity contribution >= 4 is 56.6 Å². The fourth-order valence-electron chi connectivity index (χ4n) is 1.07. The number of phenols is 1. The Morgan fingerprint density at radius 3 is 3.00 bits per heavy atom. The Morgan fingerprint density at radius 2 is 2.25 bits per heavy atom. The number of halogens is 1. The quantitative estimate of drug-likeness (QED) is 0.564. The van der Waals surface area contributed by atoms with Crippen LogP contribution < -0.4 is 0 Å². The Morgan fingerprint density at radius 1 is 1.50 bits per heavy atom. The second-order valence-electron chi connectivity index (χ2n) is 2.39. The smallest absolute Gasteiger partial charge is 0.131 e. The highest BCUT2D eigenvalue weighted by Crippen LogP contribution is 2.36. The molecule has 12 heavy (non-hydrogen) atoms. The summed E-state index contributed by atoms with van der Waals surface area (Å²) in [6.07, 6.45) is 0. The standard InChI is InChI=1S/C8H5IOS2/c9-7-5(10)3-6(11)4-1-2-12-8(4)7/h1-3,10-11H. The number of benzene rings is 1. The molecule has 0 unspecified atom stereocenters. The maximum absolute atomic E-state index is 9.47. The fraction of sp³-hybridized carbons (Fsp3) is 0. The monoisotopic (exact) mass is 308 g/mol. The lowest BCUT2D eigenvalue weighted by Crippen LogP contribution is -1.75. The Bertz CT molecular complexity index is 436. The van der Waals surface area contributed by atoms with Crippen LogP contribution in [0.5, 0.6) is 5.75 Å². The third kappa shape index (κ3) is 1.22. The Labute approximate surface area is 93.0 Å². The summed E-state index contributed by atoms with van der Waals surface area (Å²) in [6, 6.07) is 3.70. The van der Waals surface area contributed by atoms with Gasteiger partial charge in [0.1, 0.15) is 5.75 Å². The third-order valence-corrected chi connectivity index (χ3v) is 4.40. The highest BCUT2D eigenvalue weighted by molar-refractivity contribution is 14.1. The first-order valence-electron chi connectivity index (χ1n) is 3.28. The number of thiophene rings is 1. The average molecular weight is 308 g/mol. The van der Waals surface area contributed by atoms with E-state index in [1.807, 2.05) is 11.4 Å². The van der Waals surface area contributed by atoms with Crippen LogP contribution in [0.25, 0.3) is 10.1 Å². The summed E-state index contributed by atoms with van der Waals surface area (Å²) in [7, 11) is 0. The average Bonchev–Trinajstić information content (AvgIpc) is 2.48. The van der Waals surface area contributed by atoms with Gasteiger partial charge in [-0.1, -0.05) is 0 Å². The number of aromatic hydroxyl groups is 1. The van der Waals surface area contributed by atoms with E-state index >= 15 is 0 Å². The lowest BCUT2D eigenvalue weighted by atomic mass is 10.2. The molecule has 0 aliphatic carbocycles. The van der Waals surface area contributed by atoms with Crippen LogP contribution in [0, 0.1) is 3.57 Å². The van der Waals surface area contributed by atoms with Crippen molar-refractivity contribution in [1.29, 1.82) is 0 Å². The summed E-state index contributed by atoms with van der Waals surface area (Å²) in [5, 5.41) is 12.6. The molecule has 0 radical (unpaired) electrons. The van der Waals surface area contributed by atoms with Gasteiger partial charge in [-0.3, -0.25) is 0 Å². The summed E-state index contributed by atoms with van der Waals surface area (Å²) < 4.78 is 2.02. The highest BCUT2D eigenvalue weighted by Gasteiger charge is 2.07. The number of rotatable bonds is 0. The maximum Gasteiger partial charge on any atom is 0.131 e. The van der Waals surface area contributed by atoms with Crippen molar-refractivity contribution in [1.82, 2.24) is 0 Å². The van der Waals surface area contributed by atoms with Crippen molar-refractivity contribution in [3.8, 4) is 5.75 Å². The molecule has 0 atom stereocenters. The lowest BCUT2D eigenvalue weighted by molar-refractivity contribution is 0.471. The molecule has 0 saturated heterocycles. The summed E-state index contributed by atoms with van der Waals surface area (Å²) in [4.78, 5) is 0.837. The molecular weight excluding hydrogens is 303 g/mol. The summed E-state index contributed by atoms with van der Waals surface area (Å²) in [5.41, 5.74) is 0. The molecule has 2 rings (SSSR count). The van der Waals surface area contributed by atoms with E-state index in [0.29, 0.717) is 5.75 Å². The molecular formula is C8H5IOS2. The van der Waals surface area contributed by atoms with Gasteiger partial charge in [-0.25, -0.2) is 0 Å². The fourth-order valence-corrected chi connectivity index (χ4v) is 3.13. The van der Waals surface area contributed by atoms with Gasteiger partial charge in [-0.15, -0.1) is 24.0 Å². The van der Waals surface area contributed by atoms with Crippen LogP contribution in [-0.4, -0.2) is 5.11 Å². The minimum atomic E-state index is 0.315. The van der Waals surface area contributed by atoms with E-state index in [4.69, 9.17) is 0 Å². The summed E-state index contributed by atoms with van der Waals surface area (Å²) in [6.45, 7) is 0. The van der Waals surface area contributed by atoms with Crippen molar-refractivity contribution in [3.63, 3.8) is 0 Å². The van der Waals surface area contributed by atoms with Crippen LogP contribution >= 0.6 is 46.6 Å². The molecule has 1 aromatic carbocycles. The van der Waals surface area contributed by atoms with E-state index in [1.54, 1.807) is 17.4 Å². The normalized spacial score (nSPS) is 10.8. The van der Waals surface area contributed by atoms with Crippen LogP contribution in [0.4, 0.5) is 0 Å². The minimum absolute atomic E-state index is 0.315. The van der Waals surface area contributed by atoms with E-state index in [1.165, 1.54) is 0 Å². The molecule has 0 spiro atoms. The first kappa shape index (κ1) is 8.65. The van der Waals surface area contributed by atoms with Crippen molar-refractivity contribution < 1.29 is 5.11 Å². The van der Waals surface area contributed by atoms with E-state index in [-0.39, 0.29) is 0 Å². The van der Waals surface area contributed by atoms with Crippen LogP contribution in [0.2, 0.25) is 0 Å². The molecule has 62 valence electrons. The maximum atomic E-state index is 9.47. The van der Waals surface area contributed by atoms with Crippen LogP contribution in [0.3, 0.4) is 0 Å². The molecule has 2 aromatic rings. The Hall–Kier alpha value is 0.0600. The largest absolute Gasteiger partial charge is 0.507 e. The number of phenolic OH excluding ortho intramolecular Hbond substituents is 1. The van der Waals surface area contributed by atoms with Gasteiger partial charge in [0.15, 0.2) is 0 Å². The van der Waals surface area contributed by atoms with Gasteiger partial charge in [0.2, 0.25) is 0 Å². The van der Waals surface area contributed by atoms with Gasteiger partial charge in [0.25, 0.3) is 0 Å². The van der Waals surface area contributed by atoms with E-state index < -0.39 is 0 Å². The topological polar surface area (TPSA) is 20.2 Å². The molecule has 4 heteroatoms. The highest BCUT2D eigenvalue weighted by atomic mass is 127. The third-order valence-electron chi connectivity index (χ3n) is 1.64. The zero-order chi connectivity index (χ0) is 8.72. The zero-order valence-corrected chi connectivity index (χ0v) is 9.78.